The normalized spacial score (nSPS) is 13.5. The minimum Gasteiger partial charge on any atom is -0.508 e. The van der Waals surface area contributed by atoms with E-state index in [-0.39, 0.29) is 30.1 Å². The number of carbonyl (C=O) groups is 1. The number of aliphatic hydroxyl groups excluding tert-OH is 2. The second-order valence-corrected chi connectivity index (χ2v) is 5.91. The lowest BCUT2D eigenvalue weighted by molar-refractivity contribution is -0.122. The molecule has 0 amide bonds. The number of ketones is 1. The van der Waals surface area contributed by atoms with Gasteiger partial charge >= 0.3 is 0 Å². The number of phenolic OH excluding ortho intramolecular Hbond substituents is 2. The molecule has 0 heterocycles. The molecule has 2 aromatic rings. The first-order chi connectivity index (χ1) is 12.4. The van der Waals surface area contributed by atoms with Crippen molar-refractivity contribution in [1.82, 2.24) is 0 Å². The summed E-state index contributed by atoms with van der Waals surface area (Å²) in [4.78, 5) is 12.0. The SMILES string of the molecule is COc1cc(/C=C/C(O)CC(=O)CC(O)c2ccc(O)cc2)ccc1O. The van der Waals surface area contributed by atoms with Crippen LogP contribution in [0.4, 0.5) is 0 Å². The van der Waals surface area contributed by atoms with E-state index in [4.69, 9.17) is 4.74 Å². The van der Waals surface area contributed by atoms with Gasteiger partial charge < -0.3 is 25.2 Å². The number of methoxy groups -OCH3 is 1. The zero-order chi connectivity index (χ0) is 19.1. The number of aliphatic hydroxyl groups is 2. The van der Waals surface area contributed by atoms with Crippen molar-refractivity contribution in [2.75, 3.05) is 7.11 Å². The number of phenols is 2. The lowest BCUT2D eigenvalue weighted by Crippen LogP contribution is -2.13. The fourth-order valence-electron chi connectivity index (χ4n) is 2.43. The lowest BCUT2D eigenvalue weighted by Gasteiger charge is -2.11. The summed E-state index contributed by atoms with van der Waals surface area (Å²) < 4.78 is 5.01. The predicted molar refractivity (Wildman–Crippen MR) is 97.0 cm³/mol. The van der Waals surface area contributed by atoms with E-state index in [2.05, 4.69) is 0 Å². The second-order valence-electron chi connectivity index (χ2n) is 5.91. The molecule has 0 spiro atoms. The summed E-state index contributed by atoms with van der Waals surface area (Å²) >= 11 is 0. The van der Waals surface area contributed by atoms with E-state index in [0.717, 1.165) is 0 Å². The highest BCUT2D eigenvalue weighted by atomic mass is 16.5. The van der Waals surface area contributed by atoms with E-state index >= 15 is 0 Å². The zero-order valence-corrected chi connectivity index (χ0v) is 14.4. The van der Waals surface area contributed by atoms with Crippen LogP contribution in [0.5, 0.6) is 17.2 Å². The summed E-state index contributed by atoms with van der Waals surface area (Å²) in [6, 6.07) is 10.7. The molecule has 2 unspecified atom stereocenters. The molecule has 0 aromatic heterocycles. The van der Waals surface area contributed by atoms with Crippen LogP contribution >= 0.6 is 0 Å². The van der Waals surface area contributed by atoms with Crippen LogP contribution in [0.15, 0.2) is 48.5 Å². The third kappa shape index (κ3) is 5.61. The highest BCUT2D eigenvalue weighted by Crippen LogP contribution is 2.27. The van der Waals surface area contributed by atoms with Crippen molar-refractivity contribution < 1.29 is 30.0 Å². The summed E-state index contributed by atoms with van der Waals surface area (Å²) in [5.41, 5.74) is 1.23. The Hall–Kier alpha value is -2.83. The van der Waals surface area contributed by atoms with Crippen molar-refractivity contribution in [2.24, 2.45) is 0 Å². The van der Waals surface area contributed by atoms with Gasteiger partial charge in [0.15, 0.2) is 11.5 Å². The van der Waals surface area contributed by atoms with Crippen molar-refractivity contribution in [3.05, 3.63) is 59.7 Å². The van der Waals surface area contributed by atoms with Gasteiger partial charge in [0, 0.05) is 12.8 Å². The Bertz CT molecular complexity index is 766. The highest BCUT2D eigenvalue weighted by molar-refractivity contribution is 5.80. The van der Waals surface area contributed by atoms with Crippen molar-refractivity contribution in [1.29, 1.82) is 0 Å². The fourth-order valence-corrected chi connectivity index (χ4v) is 2.43. The Labute approximate surface area is 151 Å². The second kappa shape index (κ2) is 9.03. The van der Waals surface area contributed by atoms with Crippen LogP contribution in [0.3, 0.4) is 0 Å². The van der Waals surface area contributed by atoms with E-state index < -0.39 is 12.2 Å². The maximum atomic E-state index is 12.0. The number of aromatic hydroxyl groups is 2. The van der Waals surface area contributed by atoms with Crippen LogP contribution < -0.4 is 4.74 Å². The third-order valence-electron chi connectivity index (χ3n) is 3.85. The van der Waals surface area contributed by atoms with E-state index in [9.17, 15) is 25.2 Å². The van der Waals surface area contributed by atoms with Gasteiger partial charge in [-0.25, -0.2) is 0 Å². The molecule has 0 saturated carbocycles. The number of Topliss-reactive ketones (excluding diaryl/α,β-unsaturated/α-hetero) is 1. The Balaban J connectivity index is 1.89. The first-order valence-electron chi connectivity index (χ1n) is 8.11. The summed E-state index contributed by atoms with van der Waals surface area (Å²) in [5.74, 6) is 0.128. The van der Waals surface area contributed by atoms with Gasteiger partial charge in [0.2, 0.25) is 0 Å². The minimum atomic E-state index is -0.991. The number of carbonyl (C=O) groups excluding carboxylic acids is 1. The number of benzene rings is 2. The van der Waals surface area contributed by atoms with Gasteiger partial charge in [-0.1, -0.05) is 30.4 Å². The Morgan fingerprint density at radius 1 is 1.08 bits per heavy atom. The van der Waals surface area contributed by atoms with Gasteiger partial charge in [-0.15, -0.1) is 0 Å². The monoisotopic (exact) mass is 358 g/mol. The number of ether oxygens (including phenoxy) is 1. The molecule has 0 fully saturated rings. The minimum absolute atomic E-state index is 0.0172. The van der Waals surface area contributed by atoms with Gasteiger partial charge in [0.1, 0.15) is 11.5 Å². The van der Waals surface area contributed by atoms with Gasteiger partial charge in [0.25, 0.3) is 0 Å². The van der Waals surface area contributed by atoms with Crippen LogP contribution in [0.2, 0.25) is 0 Å². The van der Waals surface area contributed by atoms with Crippen LogP contribution in [0, 0.1) is 0 Å². The quantitative estimate of drug-likeness (QED) is 0.578. The van der Waals surface area contributed by atoms with Crippen LogP contribution in [-0.2, 0) is 4.79 Å². The topological polar surface area (TPSA) is 107 Å². The Kier molecular flexibility index (Phi) is 6.77. The molecule has 2 rings (SSSR count). The standard InChI is InChI=1S/C20H22O6/c1-26-20-10-13(3-9-18(20)24)2-6-16(22)11-17(23)12-19(25)14-4-7-15(21)8-5-14/h2-10,16,19,21-22,24-25H,11-12H2,1H3/b6-2+. The van der Waals surface area contributed by atoms with Crippen molar-refractivity contribution in [3.63, 3.8) is 0 Å². The summed E-state index contributed by atoms with van der Waals surface area (Å²) in [7, 11) is 1.44. The molecule has 0 bridgehead atoms. The molecule has 0 aliphatic heterocycles. The van der Waals surface area contributed by atoms with Crippen molar-refractivity contribution >= 4 is 11.9 Å². The van der Waals surface area contributed by atoms with Crippen LogP contribution in [-0.4, -0.2) is 39.4 Å². The number of hydrogen-bond donors (Lipinski definition) is 4. The average molecular weight is 358 g/mol. The molecule has 2 atom stereocenters. The fraction of sp³-hybridized carbons (Fsp3) is 0.250. The molecule has 0 aliphatic carbocycles. The summed E-state index contributed by atoms with van der Waals surface area (Å²) in [6.45, 7) is 0. The highest BCUT2D eigenvalue weighted by Gasteiger charge is 2.15. The molecule has 26 heavy (non-hydrogen) atoms. The summed E-state index contributed by atoms with van der Waals surface area (Å²) in [5, 5.41) is 38.8. The first-order valence-corrected chi connectivity index (χ1v) is 8.11. The zero-order valence-electron chi connectivity index (χ0n) is 14.4. The molecular formula is C20H22O6. The van der Waals surface area contributed by atoms with Crippen LogP contribution in [0.1, 0.15) is 30.1 Å². The summed E-state index contributed by atoms with van der Waals surface area (Å²) in [6.07, 6.45) is 0.867. The van der Waals surface area contributed by atoms with Crippen molar-refractivity contribution in [3.8, 4) is 17.2 Å². The maximum Gasteiger partial charge on any atom is 0.161 e. The third-order valence-corrected chi connectivity index (χ3v) is 3.85. The predicted octanol–water partition coefficient (Wildman–Crippen LogP) is 2.56. The molecular weight excluding hydrogens is 336 g/mol. The average Bonchev–Trinajstić information content (AvgIpc) is 2.61. The van der Waals surface area contributed by atoms with Crippen molar-refractivity contribution in [2.45, 2.75) is 25.0 Å². The largest absolute Gasteiger partial charge is 0.508 e. The van der Waals surface area contributed by atoms with Crippen LogP contribution in [0.25, 0.3) is 6.08 Å². The number of rotatable bonds is 8. The molecule has 0 radical (unpaired) electrons. The molecule has 6 nitrogen and oxygen atoms in total. The Morgan fingerprint density at radius 2 is 1.77 bits per heavy atom. The molecule has 0 aliphatic rings. The molecule has 0 saturated heterocycles. The van der Waals surface area contributed by atoms with Gasteiger partial charge in [-0.05, 0) is 35.4 Å². The van der Waals surface area contributed by atoms with E-state index in [1.807, 2.05) is 0 Å². The maximum absolute atomic E-state index is 12.0. The molecule has 6 heteroatoms. The molecule has 2 aromatic carbocycles. The smallest absolute Gasteiger partial charge is 0.161 e. The van der Waals surface area contributed by atoms with Gasteiger partial charge in [0.05, 0.1) is 19.3 Å². The van der Waals surface area contributed by atoms with E-state index in [0.29, 0.717) is 16.9 Å². The number of hydrogen-bond acceptors (Lipinski definition) is 6. The molecule has 138 valence electrons. The lowest BCUT2D eigenvalue weighted by atomic mass is 10.0. The van der Waals surface area contributed by atoms with E-state index in [1.54, 1.807) is 30.3 Å². The Morgan fingerprint density at radius 3 is 2.42 bits per heavy atom. The van der Waals surface area contributed by atoms with Gasteiger partial charge in [-0.3, -0.25) is 4.79 Å². The molecule has 4 N–H and O–H groups in total. The first kappa shape index (κ1) is 19.5. The van der Waals surface area contributed by atoms with Gasteiger partial charge in [-0.2, -0.15) is 0 Å². The van der Waals surface area contributed by atoms with E-state index in [1.165, 1.54) is 31.4 Å².